The van der Waals surface area contributed by atoms with Crippen molar-refractivity contribution in [2.75, 3.05) is 19.6 Å². The molecule has 4 nitrogen and oxygen atoms in total. The van der Waals surface area contributed by atoms with Crippen LogP contribution in [-0.4, -0.2) is 30.5 Å². The van der Waals surface area contributed by atoms with Gasteiger partial charge in [0, 0.05) is 30.1 Å². The molecule has 1 aliphatic heterocycles. The third-order valence-electron chi connectivity index (χ3n) is 4.34. The van der Waals surface area contributed by atoms with Gasteiger partial charge in [0.05, 0.1) is 0 Å². The van der Waals surface area contributed by atoms with Crippen LogP contribution >= 0.6 is 0 Å². The number of para-hydroxylation sites is 1. The Kier molecular flexibility index (Phi) is 4.55. The number of nitrogens with one attached hydrogen (secondary N) is 3. The van der Waals surface area contributed by atoms with E-state index in [2.05, 4.69) is 27.8 Å². The summed E-state index contributed by atoms with van der Waals surface area (Å²) in [5.41, 5.74) is 2.37. The van der Waals surface area contributed by atoms with Crippen LogP contribution in [0.5, 0.6) is 0 Å². The number of amides is 1. The van der Waals surface area contributed by atoms with E-state index in [1.807, 2.05) is 18.3 Å². The Labute approximate surface area is 125 Å². The fourth-order valence-corrected chi connectivity index (χ4v) is 3.02. The minimum absolute atomic E-state index is 0.166. The quantitative estimate of drug-likeness (QED) is 0.789. The maximum atomic E-state index is 12.0. The molecular weight excluding hydrogens is 262 g/mol. The number of fused-ring (bicyclic) bond motifs is 1. The van der Waals surface area contributed by atoms with Gasteiger partial charge in [-0.15, -0.1) is 0 Å². The van der Waals surface area contributed by atoms with Crippen LogP contribution in [0, 0.1) is 5.92 Å². The lowest BCUT2D eigenvalue weighted by molar-refractivity contribution is -0.121. The number of hydrogen-bond acceptors (Lipinski definition) is 2. The number of benzene rings is 1. The standard InChI is InChI=1S/C17H23N3O/c21-17(20-11-13-7-9-18-10-8-13)6-5-14-12-19-16-4-2-1-3-15(14)16/h1-4,12-13,18-19H,5-11H2,(H,20,21). The van der Waals surface area contributed by atoms with Gasteiger partial charge >= 0.3 is 0 Å². The monoisotopic (exact) mass is 285 g/mol. The molecule has 3 rings (SSSR count). The highest BCUT2D eigenvalue weighted by Crippen LogP contribution is 2.19. The van der Waals surface area contributed by atoms with Crippen LogP contribution in [0.25, 0.3) is 10.9 Å². The fraction of sp³-hybridized carbons (Fsp3) is 0.471. The second-order valence-corrected chi connectivity index (χ2v) is 5.86. The molecule has 1 saturated heterocycles. The van der Waals surface area contributed by atoms with E-state index in [0.717, 1.165) is 31.6 Å². The third kappa shape index (κ3) is 3.64. The fourth-order valence-electron chi connectivity index (χ4n) is 3.02. The number of piperidine rings is 1. The van der Waals surface area contributed by atoms with Gasteiger partial charge in [0.2, 0.25) is 5.91 Å². The highest BCUT2D eigenvalue weighted by molar-refractivity contribution is 5.84. The molecule has 0 radical (unpaired) electrons. The SMILES string of the molecule is O=C(CCc1c[nH]c2ccccc12)NCC1CCNCC1. The molecular formula is C17H23N3O. The number of carbonyl (C=O) groups excluding carboxylic acids is 1. The van der Waals surface area contributed by atoms with Crippen molar-refractivity contribution < 1.29 is 4.79 Å². The summed E-state index contributed by atoms with van der Waals surface area (Å²) in [4.78, 5) is 15.2. The molecule has 1 aromatic heterocycles. The first kappa shape index (κ1) is 14.1. The summed E-state index contributed by atoms with van der Waals surface area (Å²) in [6, 6.07) is 8.23. The third-order valence-corrected chi connectivity index (χ3v) is 4.34. The average Bonchev–Trinajstić information content (AvgIpc) is 2.95. The Hall–Kier alpha value is -1.81. The molecule has 4 heteroatoms. The van der Waals surface area contributed by atoms with Gasteiger partial charge in [-0.25, -0.2) is 0 Å². The molecule has 21 heavy (non-hydrogen) atoms. The number of aromatic amines is 1. The normalized spacial score (nSPS) is 16.2. The summed E-state index contributed by atoms with van der Waals surface area (Å²) in [6.45, 7) is 2.99. The zero-order valence-electron chi connectivity index (χ0n) is 12.3. The van der Waals surface area contributed by atoms with E-state index >= 15 is 0 Å². The van der Waals surface area contributed by atoms with Gasteiger partial charge in [-0.3, -0.25) is 4.79 Å². The van der Waals surface area contributed by atoms with Crippen LogP contribution < -0.4 is 10.6 Å². The molecule has 1 aromatic carbocycles. The van der Waals surface area contributed by atoms with Gasteiger partial charge in [0.15, 0.2) is 0 Å². The minimum Gasteiger partial charge on any atom is -0.361 e. The second-order valence-electron chi connectivity index (χ2n) is 5.86. The molecule has 0 spiro atoms. The summed E-state index contributed by atoms with van der Waals surface area (Å²) in [5, 5.41) is 7.66. The predicted molar refractivity (Wildman–Crippen MR) is 85.2 cm³/mol. The van der Waals surface area contributed by atoms with E-state index in [-0.39, 0.29) is 5.91 Å². The number of aromatic nitrogens is 1. The first-order valence-electron chi connectivity index (χ1n) is 7.85. The van der Waals surface area contributed by atoms with E-state index in [0.29, 0.717) is 12.3 Å². The van der Waals surface area contributed by atoms with E-state index in [4.69, 9.17) is 0 Å². The Bertz CT molecular complexity index is 599. The lowest BCUT2D eigenvalue weighted by atomic mass is 9.98. The van der Waals surface area contributed by atoms with Crippen LogP contribution in [0.2, 0.25) is 0 Å². The van der Waals surface area contributed by atoms with Crippen molar-refractivity contribution in [3.05, 3.63) is 36.0 Å². The van der Waals surface area contributed by atoms with Crippen molar-refractivity contribution in [3.8, 4) is 0 Å². The lowest BCUT2D eigenvalue weighted by Crippen LogP contribution is -2.36. The predicted octanol–water partition coefficient (Wildman–Crippen LogP) is 2.22. The molecule has 0 unspecified atom stereocenters. The van der Waals surface area contributed by atoms with Gasteiger partial charge in [-0.2, -0.15) is 0 Å². The van der Waals surface area contributed by atoms with E-state index < -0.39 is 0 Å². The van der Waals surface area contributed by atoms with Crippen LogP contribution in [0.3, 0.4) is 0 Å². The van der Waals surface area contributed by atoms with Crippen molar-refractivity contribution in [1.29, 1.82) is 0 Å². The van der Waals surface area contributed by atoms with Gasteiger partial charge in [-0.1, -0.05) is 18.2 Å². The number of carbonyl (C=O) groups is 1. The maximum absolute atomic E-state index is 12.0. The second kappa shape index (κ2) is 6.76. The lowest BCUT2D eigenvalue weighted by Gasteiger charge is -2.22. The van der Waals surface area contributed by atoms with Crippen LogP contribution in [0.4, 0.5) is 0 Å². The van der Waals surface area contributed by atoms with E-state index in [1.165, 1.54) is 23.8 Å². The first-order chi connectivity index (χ1) is 10.3. The van der Waals surface area contributed by atoms with Crippen LogP contribution in [0.1, 0.15) is 24.8 Å². The van der Waals surface area contributed by atoms with Gasteiger partial charge in [0.1, 0.15) is 0 Å². The van der Waals surface area contributed by atoms with Crippen molar-refractivity contribution in [1.82, 2.24) is 15.6 Å². The molecule has 0 atom stereocenters. The molecule has 1 aliphatic rings. The Morgan fingerprint density at radius 3 is 2.90 bits per heavy atom. The van der Waals surface area contributed by atoms with Crippen molar-refractivity contribution in [2.24, 2.45) is 5.92 Å². The number of rotatable bonds is 5. The molecule has 112 valence electrons. The zero-order chi connectivity index (χ0) is 14.5. The van der Waals surface area contributed by atoms with Gasteiger partial charge < -0.3 is 15.6 Å². The summed E-state index contributed by atoms with van der Waals surface area (Å²) in [5.74, 6) is 0.808. The van der Waals surface area contributed by atoms with E-state index in [9.17, 15) is 4.79 Å². The summed E-state index contributed by atoms with van der Waals surface area (Å²) < 4.78 is 0. The largest absolute Gasteiger partial charge is 0.361 e. The first-order valence-corrected chi connectivity index (χ1v) is 7.85. The van der Waals surface area contributed by atoms with Crippen molar-refractivity contribution in [2.45, 2.75) is 25.7 Å². The minimum atomic E-state index is 0.166. The molecule has 1 amide bonds. The molecule has 0 bridgehead atoms. The molecule has 0 saturated carbocycles. The topological polar surface area (TPSA) is 56.9 Å². The highest BCUT2D eigenvalue weighted by atomic mass is 16.1. The molecule has 2 aromatic rings. The van der Waals surface area contributed by atoms with Gasteiger partial charge in [0.25, 0.3) is 0 Å². The molecule has 1 fully saturated rings. The van der Waals surface area contributed by atoms with Gasteiger partial charge in [-0.05, 0) is 49.9 Å². The smallest absolute Gasteiger partial charge is 0.220 e. The van der Waals surface area contributed by atoms with E-state index in [1.54, 1.807) is 0 Å². The maximum Gasteiger partial charge on any atom is 0.220 e. The van der Waals surface area contributed by atoms with Crippen molar-refractivity contribution >= 4 is 16.8 Å². The number of H-pyrrole nitrogens is 1. The average molecular weight is 285 g/mol. The van der Waals surface area contributed by atoms with Crippen LogP contribution in [0.15, 0.2) is 30.5 Å². The summed E-state index contributed by atoms with van der Waals surface area (Å²) >= 11 is 0. The Balaban J connectivity index is 1.47. The summed E-state index contributed by atoms with van der Waals surface area (Å²) in [7, 11) is 0. The van der Waals surface area contributed by atoms with Crippen LogP contribution in [-0.2, 0) is 11.2 Å². The summed E-state index contributed by atoms with van der Waals surface area (Å²) in [6.07, 6.45) is 5.71. The number of hydrogen-bond donors (Lipinski definition) is 3. The Morgan fingerprint density at radius 1 is 1.24 bits per heavy atom. The Morgan fingerprint density at radius 2 is 2.05 bits per heavy atom. The molecule has 2 heterocycles. The number of aryl methyl sites for hydroxylation is 1. The highest BCUT2D eigenvalue weighted by Gasteiger charge is 2.14. The zero-order valence-corrected chi connectivity index (χ0v) is 12.3. The van der Waals surface area contributed by atoms with Crippen molar-refractivity contribution in [3.63, 3.8) is 0 Å². The molecule has 0 aliphatic carbocycles. The molecule has 3 N–H and O–H groups in total.